The van der Waals surface area contributed by atoms with E-state index in [-0.39, 0.29) is 18.0 Å². The van der Waals surface area contributed by atoms with Crippen molar-refractivity contribution < 1.29 is 9.53 Å². The molecule has 0 spiro atoms. The average Bonchev–Trinajstić information content (AvgIpc) is 3.25. The summed E-state index contributed by atoms with van der Waals surface area (Å²) in [5.41, 5.74) is 3.70. The molecule has 0 bridgehead atoms. The molecule has 3 heterocycles. The number of aromatic nitrogens is 3. The maximum atomic E-state index is 13.0. The zero-order valence-electron chi connectivity index (χ0n) is 18.9. The quantitative estimate of drug-likeness (QED) is 0.547. The molecule has 0 aliphatic carbocycles. The van der Waals surface area contributed by atoms with Gasteiger partial charge in [0, 0.05) is 56.2 Å². The molecule has 2 atom stereocenters. The molecule has 1 aliphatic rings. The summed E-state index contributed by atoms with van der Waals surface area (Å²) in [7, 11) is 3.67. The maximum absolute atomic E-state index is 13.0. The molecule has 166 valence electrons. The monoisotopic (exact) mass is 423 g/mol. The van der Waals surface area contributed by atoms with Crippen molar-refractivity contribution in [1.29, 1.82) is 0 Å². The van der Waals surface area contributed by atoms with Crippen LogP contribution in [-0.4, -0.2) is 46.3 Å². The zero-order valence-corrected chi connectivity index (χ0v) is 18.9. The van der Waals surface area contributed by atoms with Crippen molar-refractivity contribution in [2.24, 2.45) is 13.0 Å². The number of hydrogen-bond acceptors (Lipinski definition) is 4. The summed E-state index contributed by atoms with van der Waals surface area (Å²) in [6.45, 7) is 6.20. The topological polar surface area (TPSA) is 73.1 Å². The second-order valence-electron chi connectivity index (χ2n) is 8.87. The zero-order chi connectivity index (χ0) is 22.0. The Bertz CT molecular complexity index is 1050. The lowest BCUT2D eigenvalue weighted by molar-refractivity contribution is -0.123. The second kappa shape index (κ2) is 9.24. The van der Waals surface area contributed by atoms with Gasteiger partial charge >= 0.3 is 0 Å². The van der Waals surface area contributed by atoms with Crippen LogP contribution in [-0.2, 0) is 29.5 Å². The van der Waals surface area contributed by atoms with E-state index in [1.165, 1.54) is 22.0 Å². The highest BCUT2D eigenvalue weighted by Crippen LogP contribution is 2.36. The Morgan fingerprint density at radius 3 is 2.94 bits per heavy atom. The molecular weight excluding hydrogens is 390 g/mol. The lowest BCUT2D eigenvalue weighted by Gasteiger charge is -2.25. The van der Waals surface area contributed by atoms with E-state index in [0.717, 1.165) is 12.2 Å². The molecule has 2 unspecified atom stereocenters. The van der Waals surface area contributed by atoms with E-state index >= 15 is 0 Å². The van der Waals surface area contributed by atoms with Crippen LogP contribution in [0, 0.1) is 5.92 Å². The van der Waals surface area contributed by atoms with Gasteiger partial charge in [-0.1, -0.05) is 26.0 Å². The summed E-state index contributed by atoms with van der Waals surface area (Å²) in [6.07, 6.45) is 7.65. The summed E-state index contributed by atoms with van der Waals surface area (Å²) in [4.78, 5) is 17.5. The molecule has 0 radical (unpaired) electrons. The molecule has 3 aromatic rings. The van der Waals surface area contributed by atoms with Gasteiger partial charge in [-0.25, -0.2) is 4.98 Å². The number of carbonyl (C=O) groups excluding carboxylic acids is 1. The third-order valence-electron chi connectivity index (χ3n) is 6.08. The minimum absolute atomic E-state index is 0.0311. The summed E-state index contributed by atoms with van der Waals surface area (Å²) in [5, 5.41) is 7.96. The number of methoxy groups -OCH3 is 1. The van der Waals surface area contributed by atoms with Gasteiger partial charge < -0.3 is 19.2 Å². The lowest BCUT2D eigenvalue weighted by atomic mass is 9.94. The first-order chi connectivity index (χ1) is 15.0. The lowest BCUT2D eigenvalue weighted by Crippen LogP contribution is -2.47. The Balaban J connectivity index is 1.73. The normalized spacial score (nSPS) is 18.5. The molecule has 2 N–H and O–H groups in total. The van der Waals surface area contributed by atoms with Crippen molar-refractivity contribution in [3.05, 3.63) is 53.7 Å². The first-order valence-corrected chi connectivity index (χ1v) is 11.1. The fourth-order valence-corrected chi connectivity index (χ4v) is 4.59. The van der Waals surface area contributed by atoms with E-state index < -0.39 is 0 Å². The molecule has 0 fully saturated rings. The number of aryl methyl sites for hydroxylation is 1. The summed E-state index contributed by atoms with van der Waals surface area (Å²) in [5.74, 6) is 1.56. The molecular formula is C24H33N5O2. The van der Waals surface area contributed by atoms with E-state index in [1.807, 2.05) is 19.4 Å². The Kier molecular flexibility index (Phi) is 6.43. The number of carbonyl (C=O) groups is 1. The predicted octanol–water partition coefficient (Wildman–Crippen LogP) is 2.79. The third-order valence-corrected chi connectivity index (χ3v) is 6.08. The largest absolute Gasteiger partial charge is 0.383 e. The van der Waals surface area contributed by atoms with Gasteiger partial charge in [-0.2, -0.15) is 0 Å². The van der Waals surface area contributed by atoms with E-state index in [2.05, 4.69) is 63.0 Å². The molecule has 0 saturated heterocycles. The highest BCUT2D eigenvalue weighted by atomic mass is 16.5. The Hall–Kier alpha value is -2.64. The molecule has 1 aliphatic heterocycles. The van der Waals surface area contributed by atoms with E-state index in [0.29, 0.717) is 32.0 Å². The van der Waals surface area contributed by atoms with Crippen LogP contribution in [0.4, 0.5) is 0 Å². The molecule has 1 amide bonds. The number of imidazole rings is 1. The van der Waals surface area contributed by atoms with Gasteiger partial charge in [-0.3, -0.25) is 10.1 Å². The molecule has 0 saturated carbocycles. The van der Waals surface area contributed by atoms with Crippen LogP contribution < -0.4 is 10.6 Å². The SMILES string of the molecule is COCCNC(=O)C1Cc2cn(Cc3nccn3C)c3cccc(c23)C(CC(C)C)N1. The van der Waals surface area contributed by atoms with Crippen LogP contribution in [0.25, 0.3) is 10.9 Å². The van der Waals surface area contributed by atoms with Gasteiger partial charge in [-0.15, -0.1) is 0 Å². The second-order valence-corrected chi connectivity index (χ2v) is 8.87. The van der Waals surface area contributed by atoms with Crippen LogP contribution in [0.1, 0.15) is 43.3 Å². The summed E-state index contributed by atoms with van der Waals surface area (Å²) < 4.78 is 9.42. The van der Waals surface area contributed by atoms with E-state index in [9.17, 15) is 4.79 Å². The Morgan fingerprint density at radius 2 is 2.23 bits per heavy atom. The number of nitrogens with zero attached hydrogens (tertiary/aromatic N) is 3. The maximum Gasteiger partial charge on any atom is 0.237 e. The Morgan fingerprint density at radius 1 is 1.39 bits per heavy atom. The van der Waals surface area contributed by atoms with Crippen molar-refractivity contribution in [3.63, 3.8) is 0 Å². The number of ether oxygens (including phenoxy) is 1. The van der Waals surface area contributed by atoms with Gasteiger partial charge in [-0.05, 0) is 36.0 Å². The minimum Gasteiger partial charge on any atom is -0.383 e. The number of rotatable bonds is 8. The molecule has 7 nitrogen and oxygen atoms in total. The van der Waals surface area contributed by atoms with Gasteiger partial charge in [0.15, 0.2) is 0 Å². The first kappa shape index (κ1) is 21.6. The Labute approximate surface area is 183 Å². The molecule has 2 aromatic heterocycles. The van der Waals surface area contributed by atoms with Crippen LogP contribution in [0.3, 0.4) is 0 Å². The van der Waals surface area contributed by atoms with Crippen molar-refractivity contribution in [2.75, 3.05) is 20.3 Å². The fourth-order valence-electron chi connectivity index (χ4n) is 4.59. The van der Waals surface area contributed by atoms with Crippen LogP contribution >= 0.6 is 0 Å². The predicted molar refractivity (Wildman–Crippen MR) is 122 cm³/mol. The highest BCUT2D eigenvalue weighted by molar-refractivity contribution is 5.90. The summed E-state index contributed by atoms with van der Waals surface area (Å²) in [6, 6.07) is 6.37. The first-order valence-electron chi connectivity index (χ1n) is 11.1. The van der Waals surface area contributed by atoms with E-state index in [4.69, 9.17) is 4.74 Å². The van der Waals surface area contributed by atoms with Crippen molar-refractivity contribution >= 4 is 16.8 Å². The van der Waals surface area contributed by atoms with Gasteiger partial charge in [0.1, 0.15) is 5.82 Å². The highest BCUT2D eigenvalue weighted by Gasteiger charge is 2.30. The molecule has 1 aromatic carbocycles. The van der Waals surface area contributed by atoms with Crippen molar-refractivity contribution in [3.8, 4) is 0 Å². The van der Waals surface area contributed by atoms with Gasteiger partial charge in [0.05, 0.1) is 19.2 Å². The van der Waals surface area contributed by atoms with Crippen LogP contribution in [0.15, 0.2) is 36.8 Å². The third kappa shape index (κ3) is 4.52. The molecule has 31 heavy (non-hydrogen) atoms. The van der Waals surface area contributed by atoms with E-state index in [1.54, 1.807) is 7.11 Å². The number of hydrogen-bond donors (Lipinski definition) is 2. The molecule has 4 rings (SSSR count). The smallest absolute Gasteiger partial charge is 0.237 e. The average molecular weight is 424 g/mol. The van der Waals surface area contributed by atoms with Crippen molar-refractivity contribution in [2.45, 2.75) is 45.3 Å². The summed E-state index contributed by atoms with van der Waals surface area (Å²) >= 11 is 0. The van der Waals surface area contributed by atoms with Crippen LogP contribution in [0.2, 0.25) is 0 Å². The molecule has 7 heteroatoms. The van der Waals surface area contributed by atoms with Crippen LogP contribution in [0.5, 0.6) is 0 Å². The fraction of sp³-hybridized carbons (Fsp3) is 0.500. The standard InChI is InChI=1S/C24H33N5O2/c1-16(2)12-19-18-6-5-7-21-23(18)17(13-20(27-19)24(30)26-9-11-31-4)14-29(21)15-22-25-8-10-28(22)3/h5-8,10,14,16,19-20,27H,9,11-13,15H2,1-4H3,(H,26,30). The minimum atomic E-state index is -0.278. The van der Waals surface area contributed by atoms with Crippen molar-refractivity contribution in [1.82, 2.24) is 24.8 Å². The van der Waals surface area contributed by atoms with Gasteiger partial charge in [0.25, 0.3) is 0 Å². The number of amides is 1. The van der Waals surface area contributed by atoms with Gasteiger partial charge in [0.2, 0.25) is 5.91 Å². The number of benzene rings is 1. The number of nitrogens with one attached hydrogen (secondary N) is 2.